The van der Waals surface area contributed by atoms with Crippen molar-refractivity contribution in [2.75, 3.05) is 116 Å². The molecule has 11 rings (SSSR count). The second-order valence-corrected chi connectivity index (χ2v) is 22.6. The highest BCUT2D eigenvalue weighted by molar-refractivity contribution is 5.86. The second kappa shape index (κ2) is 27.3. The van der Waals surface area contributed by atoms with E-state index in [2.05, 4.69) is 106 Å². The highest BCUT2D eigenvalue weighted by atomic mass is 16.5. The summed E-state index contributed by atoms with van der Waals surface area (Å²) in [7, 11) is 16.5. The molecule has 0 fully saturated rings. The van der Waals surface area contributed by atoms with Crippen LogP contribution in [0, 0.1) is 0 Å². The van der Waals surface area contributed by atoms with E-state index in [4.69, 9.17) is 48.4 Å². The van der Waals surface area contributed by atoms with Crippen LogP contribution in [0.5, 0.6) is 34.5 Å². The van der Waals surface area contributed by atoms with Gasteiger partial charge in [0, 0.05) is 61.6 Å². The number of aromatic amines is 4. The van der Waals surface area contributed by atoms with Crippen LogP contribution in [-0.4, -0.2) is 190 Å². The average Bonchev–Trinajstić information content (AvgIpc) is 4.51. The Hall–Kier alpha value is -9.02. The van der Waals surface area contributed by atoms with E-state index >= 15 is 0 Å². The van der Waals surface area contributed by atoms with Crippen molar-refractivity contribution in [2.24, 2.45) is 0 Å². The number of H-pyrrole nitrogens is 4. The number of nitrogens with one attached hydrogen (secondary N) is 4. The molecule has 21 heteroatoms. The number of nitrogens with zero attached hydrogens (tertiary/aromatic N) is 11. The third-order valence-electron chi connectivity index (χ3n) is 14.4. The number of benzene rings is 6. The van der Waals surface area contributed by atoms with Gasteiger partial charge < -0.3 is 68.0 Å². The van der Waals surface area contributed by atoms with Crippen LogP contribution in [0.4, 0.5) is 0 Å². The minimum absolute atomic E-state index is 0.125. The minimum Gasteiger partial charge on any atom is -0.493 e. The molecule has 21 nitrogen and oxygen atoms in total. The van der Waals surface area contributed by atoms with Crippen molar-refractivity contribution in [3.05, 3.63) is 121 Å². The molecular weight excluding hydrogens is 1090 g/mol. The molecule has 5 heterocycles. The fourth-order valence-electron chi connectivity index (χ4n) is 10.0. The lowest BCUT2D eigenvalue weighted by Gasteiger charge is -2.12. The molecule has 0 aliphatic carbocycles. The molecule has 0 radical (unpaired) electrons. The Labute approximate surface area is 500 Å². The van der Waals surface area contributed by atoms with E-state index in [-0.39, 0.29) is 13.2 Å². The first-order chi connectivity index (χ1) is 41.8. The molecule has 0 saturated heterocycles. The van der Waals surface area contributed by atoms with Crippen molar-refractivity contribution in [1.29, 1.82) is 0 Å². The normalized spacial score (nSPS) is 11.9. The van der Waals surface area contributed by atoms with Gasteiger partial charge in [0.1, 0.15) is 76.7 Å². The molecule has 0 bridgehead atoms. The summed E-state index contributed by atoms with van der Waals surface area (Å²) < 4.78 is 39.6. The average molecular weight is 1160 g/mol. The maximum Gasteiger partial charge on any atom is 0.142 e. The maximum atomic E-state index is 6.70. The van der Waals surface area contributed by atoms with Gasteiger partial charge in [-0.1, -0.05) is 17.3 Å². The van der Waals surface area contributed by atoms with Crippen LogP contribution in [0.15, 0.2) is 115 Å². The quantitative estimate of drug-likeness (QED) is 0.0298. The zero-order valence-corrected chi connectivity index (χ0v) is 50.4. The van der Waals surface area contributed by atoms with Crippen LogP contribution in [0.1, 0.15) is 31.4 Å². The SMILES string of the molecule is CN(C)CCCOc1ccc2nc(-c3ccc(-c4nc5ccc(OCCCN(C)C)cc5[nH]4)c(OCCn4cc(COc5cc(-c6nc7ccc(OCCCN(C)C)cc7[nH]6)ccc5-c5nc6ccc(OCCCN(C)C)cc6[nH]5)nn4)c3)[nH]c2c1. The van der Waals surface area contributed by atoms with Crippen LogP contribution in [-0.2, 0) is 13.2 Å². The van der Waals surface area contributed by atoms with Crippen LogP contribution in [0.2, 0.25) is 0 Å². The summed E-state index contributed by atoms with van der Waals surface area (Å²) in [6, 6.07) is 35.8. The van der Waals surface area contributed by atoms with Crippen molar-refractivity contribution in [3.8, 4) is 80.0 Å². The van der Waals surface area contributed by atoms with Gasteiger partial charge in [-0.25, -0.2) is 24.6 Å². The summed E-state index contributed by atoms with van der Waals surface area (Å²) in [5.74, 6) is 7.04. The van der Waals surface area contributed by atoms with Gasteiger partial charge in [0.05, 0.1) is 94.4 Å². The monoisotopic (exact) mass is 1160 g/mol. The molecule has 0 amide bonds. The van der Waals surface area contributed by atoms with E-state index in [0.29, 0.717) is 73.5 Å². The molecule has 11 aromatic rings. The fourth-order valence-corrected chi connectivity index (χ4v) is 10.0. The number of rotatable bonds is 31. The number of imidazole rings is 4. The van der Waals surface area contributed by atoms with E-state index in [0.717, 1.165) is 141 Å². The van der Waals surface area contributed by atoms with E-state index in [9.17, 15) is 0 Å². The Morgan fingerprint density at radius 2 is 0.744 bits per heavy atom. The molecule has 0 aliphatic rings. The number of fused-ring (bicyclic) bond motifs is 4. The Morgan fingerprint density at radius 3 is 1.13 bits per heavy atom. The molecule has 0 aliphatic heterocycles. The Balaban J connectivity index is 0.821. The van der Waals surface area contributed by atoms with Gasteiger partial charge in [0.2, 0.25) is 0 Å². The first-order valence-corrected chi connectivity index (χ1v) is 29.4. The third-order valence-corrected chi connectivity index (χ3v) is 14.4. The first kappa shape index (κ1) is 58.7. The fraction of sp³-hybridized carbons (Fsp3) is 0.354. The van der Waals surface area contributed by atoms with E-state index in [1.807, 2.05) is 115 Å². The Kier molecular flexibility index (Phi) is 18.7. The molecule has 86 heavy (non-hydrogen) atoms. The minimum atomic E-state index is 0.125. The van der Waals surface area contributed by atoms with Crippen molar-refractivity contribution < 1.29 is 28.4 Å². The summed E-state index contributed by atoms with van der Waals surface area (Å²) in [5.41, 5.74) is 10.6. The highest BCUT2D eigenvalue weighted by Gasteiger charge is 2.19. The smallest absolute Gasteiger partial charge is 0.142 e. The molecule has 4 N–H and O–H groups in total. The van der Waals surface area contributed by atoms with Crippen LogP contribution in [0.25, 0.3) is 89.7 Å². The molecule has 0 saturated carbocycles. The van der Waals surface area contributed by atoms with Gasteiger partial charge in [0.25, 0.3) is 0 Å². The lowest BCUT2D eigenvalue weighted by atomic mass is 10.1. The van der Waals surface area contributed by atoms with Crippen molar-refractivity contribution in [1.82, 2.24) is 74.5 Å². The third kappa shape index (κ3) is 15.1. The summed E-state index contributed by atoms with van der Waals surface area (Å²) in [6.07, 6.45) is 5.57. The molecule has 6 aromatic carbocycles. The van der Waals surface area contributed by atoms with Gasteiger partial charge in [-0.3, -0.25) is 0 Å². The largest absolute Gasteiger partial charge is 0.493 e. The predicted molar refractivity (Wildman–Crippen MR) is 338 cm³/mol. The zero-order chi connectivity index (χ0) is 59.5. The number of hydrogen-bond donors (Lipinski definition) is 4. The van der Waals surface area contributed by atoms with E-state index in [1.165, 1.54) is 0 Å². The summed E-state index contributed by atoms with van der Waals surface area (Å²) in [6.45, 7) is 7.06. The van der Waals surface area contributed by atoms with Crippen LogP contribution < -0.4 is 28.4 Å². The van der Waals surface area contributed by atoms with Crippen LogP contribution >= 0.6 is 0 Å². The molecule has 448 valence electrons. The Bertz CT molecular complexity index is 4030. The molecule has 0 atom stereocenters. The maximum absolute atomic E-state index is 6.70. The molecular formula is C65H77N15O6. The zero-order valence-electron chi connectivity index (χ0n) is 50.4. The highest BCUT2D eigenvalue weighted by Crippen LogP contribution is 2.37. The van der Waals surface area contributed by atoms with Gasteiger partial charge in [-0.05, 0) is 155 Å². The van der Waals surface area contributed by atoms with Crippen LogP contribution in [0.3, 0.4) is 0 Å². The molecule has 5 aromatic heterocycles. The predicted octanol–water partition coefficient (Wildman–Crippen LogP) is 10.4. The standard InChI is InChI=1S/C65H77N15O6/c1-76(2)25-9-30-81-46-15-21-52-56(37-46)70-62(66-52)43-13-19-50(64-68-54-23-17-48(39-58(54)72-64)83-32-11-27-78(5)6)60(35-43)85-34-29-80-41-45(74-75-80)42-86-61-36-44(63-67-53-22-16-47(38-57(53)71-63)82-31-10-26-77(3)4)14-20-51(61)65-69-55-24-18-49(40-59(55)73-65)84-33-12-28-79(7)8/h13-24,35-41H,9-12,25-34,42H2,1-8H3,(H,66,70)(H,67,71)(H,68,72)(H,69,73). The summed E-state index contributed by atoms with van der Waals surface area (Å²) >= 11 is 0. The lowest BCUT2D eigenvalue weighted by Crippen LogP contribution is -2.15. The van der Waals surface area contributed by atoms with E-state index in [1.54, 1.807) is 4.68 Å². The number of ether oxygens (including phenoxy) is 6. The number of hydrogen-bond acceptors (Lipinski definition) is 16. The van der Waals surface area contributed by atoms with Gasteiger partial charge in [-0.15, -0.1) is 5.10 Å². The first-order valence-electron chi connectivity index (χ1n) is 29.4. The topological polar surface area (TPSA) is 214 Å². The van der Waals surface area contributed by atoms with E-state index < -0.39 is 0 Å². The molecule has 0 unspecified atom stereocenters. The molecule has 0 spiro atoms. The van der Waals surface area contributed by atoms with Crippen molar-refractivity contribution in [3.63, 3.8) is 0 Å². The number of aromatic nitrogens is 11. The van der Waals surface area contributed by atoms with Gasteiger partial charge in [-0.2, -0.15) is 0 Å². The Morgan fingerprint density at radius 1 is 0.384 bits per heavy atom. The van der Waals surface area contributed by atoms with Gasteiger partial charge >= 0.3 is 0 Å². The van der Waals surface area contributed by atoms with Gasteiger partial charge in [0.15, 0.2) is 0 Å². The second-order valence-electron chi connectivity index (χ2n) is 22.6. The van der Waals surface area contributed by atoms with Crippen molar-refractivity contribution >= 4 is 44.1 Å². The summed E-state index contributed by atoms with van der Waals surface area (Å²) in [4.78, 5) is 42.7. The lowest BCUT2D eigenvalue weighted by molar-refractivity contribution is 0.282. The van der Waals surface area contributed by atoms with Crippen molar-refractivity contribution in [2.45, 2.75) is 38.8 Å². The summed E-state index contributed by atoms with van der Waals surface area (Å²) in [5, 5.41) is 9.05.